The van der Waals surface area contributed by atoms with E-state index in [2.05, 4.69) is 10.3 Å². The van der Waals surface area contributed by atoms with E-state index in [4.69, 9.17) is 0 Å². The Balaban J connectivity index is 1.59. The number of fused-ring (bicyclic) bond motifs is 1. The van der Waals surface area contributed by atoms with Crippen LogP contribution in [-0.4, -0.2) is 50.0 Å². The summed E-state index contributed by atoms with van der Waals surface area (Å²) in [6.45, 7) is 5.47. The smallest absolute Gasteiger partial charge is 0.274 e. The van der Waals surface area contributed by atoms with E-state index in [0.717, 1.165) is 23.3 Å². The van der Waals surface area contributed by atoms with E-state index in [1.165, 1.54) is 39.1 Å². The Morgan fingerprint density at radius 2 is 1.97 bits per heavy atom. The molecule has 2 aliphatic rings. The van der Waals surface area contributed by atoms with Crippen LogP contribution in [0.4, 0.5) is 4.39 Å². The van der Waals surface area contributed by atoms with Crippen LogP contribution < -0.4 is 10.7 Å². The first-order chi connectivity index (χ1) is 17.1. The van der Waals surface area contributed by atoms with Crippen molar-refractivity contribution in [2.75, 3.05) is 6.54 Å². The number of carbonyl (C=O) groups is 2. The lowest BCUT2D eigenvalue weighted by molar-refractivity contribution is -0.130. The molecule has 1 fully saturated rings. The van der Waals surface area contributed by atoms with E-state index in [9.17, 15) is 23.9 Å². The average Bonchev–Trinajstić information content (AvgIpc) is 3.54. The minimum absolute atomic E-state index is 0.100. The van der Waals surface area contributed by atoms with Crippen molar-refractivity contribution in [3.05, 3.63) is 68.8 Å². The summed E-state index contributed by atoms with van der Waals surface area (Å²) < 4.78 is 14.7. The van der Waals surface area contributed by atoms with Gasteiger partial charge < -0.3 is 19.9 Å². The first kappa shape index (κ1) is 24.2. The van der Waals surface area contributed by atoms with Gasteiger partial charge in [-0.25, -0.2) is 9.37 Å². The highest BCUT2D eigenvalue weighted by atomic mass is 32.1. The molecule has 5 rings (SSSR count). The van der Waals surface area contributed by atoms with Crippen LogP contribution in [0.15, 0.2) is 41.5 Å². The summed E-state index contributed by atoms with van der Waals surface area (Å²) in [6.07, 6.45) is 5.41. The van der Waals surface area contributed by atoms with E-state index < -0.39 is 22.6 Å². The predicted molar refractivity (Wildman–Crippen MR) is 134 cm³/mol. The normalized spacial score (nSPS) is 19.5. The molecule has 0 bridgehead atoms. The van der Waals surface area contributed by atoms with Crippen LogP contribution in [0.25, 0.3) is 10.6 Å². The van der Waals surface area contributed by atoms with Crippen molar-refractivity contribution in [3.8, 4) is 16.3 Å². The quantitative estimate of drug-likeness (QED) is 0.530. The highest BCUT2D eigenvalue weighted by Gasteiger charge is 2.48. The van der Waals surface area contributed by atoms with Crippen molar-refractivity contribution in [1.29, 1.82) is 0 Å². The standard InChI is InChI=1S/C26H27FN4O4S/c1-14(2)30-13-26(3,25(35)29-17-8-9-17)31-12-19(21(32)22(33)20(31)24(30)34)23-28-11-18(36-23)10-15-4-6-16(27)7-5-15/h4-7,11-12,14,17,33H,8-10,13H2,1-3H3,(H,29,35)/t26-/m0/s1. The number of thiazole rings is 1. The van der Waals surface area contributed by atoms with Crippen LogP contribution >= 0.6 is 11.3 Å². The van der Waals surface area contributed by atoms with Gasteiger partial charge in [0.05, 0.1) is 12.1 Å². The monoisotopic (exact) mass is 510 g/mol. The number of benzene rings is 1. The van der Waals surface area contributed by atoms with Crippen LogP contribution in [0.3, 0.4) is 0 Å². The lowest BCUT2D eigenvalue weighted by Gasteiger charge is -2.44. The summed E-state index contributed by atoms with van der Waals surface area (Å²) in [6, 6.07) is 6.01. The molecule has 10 heteroatoms. The number of aromatic nitrogens is 2. The molecule has 2 amide bonds. The fourth-order valence-corrected chi connectivity index (χ4v) is 5.40. The SMILES string of the molecule is CC(C)N1C[C@@](C)(C(=O)NC2CC2)n2cc(-c3ncc(Cc4ccc(F)cc4)s3)c(=O)c(O)c2C1=O. The van der Waals surface area contributed by atoms with Crippen LogP contribution in [0.1, 0.15) is 54.5 Å². The largest absolute Gasteiger partial charge is 0.503 e. The van der Waals surface area contributed by atoms with Crippen molar-refractivity contribution in [1.82, 2.24) is 19.8 Å². The summed E-state index contributed by atoms with van der Waals surface area (Å²) in [4.78, 5) is 46.7. The maximum Gasteiger partial charge on any atom is 0.274 e. The van der Waals surface area contributed by atoms with Gasteiger partial charge in [-0.05, 0) is 51.3 Å². The van der Waals surface area contributed by atoms with Crippen LogP contribution in [0.5, 0.6) is 5.75 Å². The van der Waals surface area contributed by atoms with Gasteiger partial charge in [-0.1, -0.05) is 12.1 Å². The minimum atomic E-state index is -1.23. The number of rotatable bonds is 6. The molecule has 1 aliphatic carbocycles. The van der Waals surface area contributed by atoms with Crippen molar-refractivity contribution in [3.63, 3.8) is 0 Å². The summed E-state index contributed by atoms with van der Waals surface area (Å²) in [5.74, 6) is -1.78. The van der Waals surface area contributed by atoms with Gasteiger partial charge in [0.15, 0.2) is 11.4 Å². The molecular formula is C26H27FN4O4S. The number of nitrogens with one attached hydrogen (secondary N) is 1. The zero-order valence-electron chi connectivity index (χ0n) is 20.2. The molecule has 1 saturated carbocycles. The minimum Gasteiger partial charge on any atom is -0.503 e. The molecule has 3 heterocycles. The zero-order valence-corrected chi connectivity index (χ0v) is 21.1. The van der Waals surface area contributed by atoms with E-state index in [0.29, 0.717) is 11.4 Å². The van der Waals surface area contributed by atoms with E-state index >= 15 is 0 Å². The number of halogens is 1. The molecule has 188 valence electrons. The first-order valence-corrected chi connectivity index (χ1v) is 12.7. The van der Waals surface area contributed by atoms with E-state index in [1.54, 1.807) is 25.3 Å². The molecule has 2 N–H and O–H groups in total. The lowest BCUT2D eigenvalue weighted by atomic mass is 9.93. The Morgan fingerprint density at radius 1 is 1.28 bits per heavy atom. The molecule has 1 atom stereocenters. The van der Waals surface area contributed by atoms with Gasteiger partial charge in [-0.3, -0.25) is 14.4 Å². The summed E-state index contributed by atoms with van der Waals surface area (Å²) in [5, 5.41) is 14.3. The topological polar surface area (TPSA) is 105 Å². The maximum atomic E-state index is 13.4. The van der Waals surface area contributed by atoms with Gasteiger partial charge in [0.25, 0.3) is 5.91 Å². The number of pyridine rings is 1. The zero-order chi connectivity index (χ0) is 25.8. The van der Waals surface area contributed by atoms with Crippen molar-refractivity contribution in [2.45, 2.75) is 57.7 Å². The van der Waals surface area contributed by atoms with Gasteiger partial charge >= 0.3 is 0 Å². The van der Waals surface area contributed by atoms with E-state index in [-0.39, 0.29) is 41.6 Å². The second kappa shape index (κ2) is 8.85. The van der Waals surface area contributed by atoms with Gasteiger partial charge in [0, 0.05) is 35.8 Å². The molecule has 1 aliphatic heterocycles. The number of hydrogen-bond donors (Lipinski definition) is 2. The Kier molecular flexibility index (Phi) is 5.94. The van der Waals surface area contributed by atoms with Crippen molar-refractivity contribution >= 4 is 23.2 Å². The molecular weight excluding hydrogens is 483 g/mol. The Labute approximate surface area is 211 Å². The van der Waals surface area contributed by atoms with Crippen LogP contribution in [0.2, 0.25) is 0 Å². The Morgan fingerprint density at radius 3 is 2.61 bits per heavy atom. The first-order valence-electron chi connectivity index (χ1n) is 11.9. The Hall–Kier alpha value is -3.53. The molecule has 36 heavy (non-hydrogen) atoms. The molecule has 3 aromatic rings. The van der Waals surface area contributed by atoms with Gasteiger partial charge in [-0.2, -0.15) is 0 Å². The summed E-state index contributed by atoms with van der Waals surface area (Å²) in [5.41, 5.74) is -1.14. The molecule has 0 saturated heterocycles. The fraction of sp³-hybridized carbons (Fsp3) is 0.385. The molecule has 2 aromatic heterocycles. The van der Waals surface area contributed by atoms with Crippen molar-refractivity contribution < 1.29 is 19.1 Å². The highest BCUT2D eigenvalue weighted by molar-refractivity contribution is 7.15. The van der Waals surface area contributed by atoms with Crippen LogP contribution in [-0.2, 0) is 16.8 Å². The second-order valence-corrected chi connectivity index (χ2v) is 11.0. The summed E-state index contributed by atoms with van der Waals surface area (Å²) >= 11 is 1.27. The number of amides is 2. The predicted octanol–water partition coefficient (Wildman–Crippen LogP) is 3.27. The number of carbonyl (C=O) groups excluding carboxylic acids is 2. The molecule has 8 nitrogen and oxygen atoms in total. The van der Waals surface area contributed by atoms with Gasteiger partial charge in [-0.15, -0.1) is 11.3 Å². The average molecular weight is 511 g/mol. The number of aromatic hydroxyl groups is 1. The third-order valence-corrected chi connectivity index (χ3v) is 7.79. The molecule has 1 aromatic carbocycles. The molecule has 0 unspecified atom stereocenters. The lowest BCUT2D eigenvalue weighted by Crippen LogP contribution is -2.61. The third-order valence-electron chi connectivity index (χ3n) is 6.76. The van der Waals surface area contributed by atoms with Gasteiger partial charge in [0.2, 0.25) is 11.3 Å². The number of hydrogen-bond acceptors (Lipinski definition) is 6. The Bertz CT molecular complexity index is 1410. The van der Waals surface area contributed by atoms with Gasteiger partial charge in [0.1, 0.15) is 16.4 Å². The second-order valence-electron chi connectivity index (χ2n) is 9.92. The van der Waals surface area contributed by atoms with E-state index in [1.807, 2.05) is 13.8 Å². The van der Waals surface area contributed by atoms with Crippen LogP contribution in [0, 0.1) is 5.82 Å². The highest BCUT2D eigenvalue weighted by Crippen LogP contribution is 2.35. The molecule has 0 radical (unpaired) electrons. The molecule has 0 spiro atoms. The summed E-state index contributed by atoms with van der Waals surface area (Å²) in [7, 11) is 0. The number of nitrogens with zero attached hydrogens (tertiary/aromatic N) is 3. The third kappa shape index (κ3) is 4.19. The fourth-order valence-electron chi connectivity index (χ4n) is 4.45. The van der Waals surface area contributed by atoms with Crippen molar-refractivity contribution in [2.24, 2.45) is 0 Å². The maximum absolute atomic E-state index is 13.4.